The zero-order valence-corrected chi connectivity index (χ0v) is 23.3. The Kier molecular flexibility index (Phi) is 20.6. The molecule has 1 fully saturated rings. The van der Waals surface area contributed by atoms with Crippen molar-refractivity contribution in [3.05, 3.63) is 0 Å². The van der Waals surface area contributed by atoms with Crippen molar-refractivity contribution in [3.8, 4) is 0 Å². The molecule has 0 aromatic rings. The van der Waals surface area contributed by atoms with Crippen LogP contribution in [0.2, 0.25) is 0 Å². The molecule has 0 aromatic heterocycles. The molecular weight excluding hydrogens is 428 g/mol. The van der Waals surface area contributed by atoms with Crippen molar-refractivity contribution in [2.75, 3.05) is 33.0 Å². The summed E-state index contributed by atoms with van der Waals surface area (Å²) in [5.74, 6) is -0.704. The SMILES string of the molecule is CCCCCCCCC(CCCOC1CCCO1)C(OCCCC)(OCCCC)OCCCC. The third-order valence-electron chi connectivity index (χ3n) is 6.70. The topological polar surface area (TPSA) is 46.2 Å². The van der Waals surface area contributed by atoms with E-state index in [-0.39, 0.29) is 12.2 Å². The van der Waals surface area contributed by atoms with Crippen molar-refractivity contribution in [1.82, 2.24) is 0 Å². The van der Waals surface area contributed by atoms with E-state index in [1.54, 1.807) is 0 Å². The zero-order chi connectivity index (χ0) is 24.7. The molecule has 1 heterocycles. The molecule has 5 nitrogen and oxygen atoms in total. The van der Waals surface area contributed by atoms with Crippen LogP contribution >= 0.6 is 0 Å². The highest BCUT2D eigenvalue weighted by Gasteiger charge is 2.42. The highest BCUT2D eigenvalue weighted by Crippen LogP contribution is 2.35. The molecule has 1 rings (SSSR count). The fourth-order valence-corrected chi connectivity index (χ4v) is 4.45. The minimum absolute atomic E-state index is 0.0100. The number of rotatable bonds is 25. The van der Waals surface area contributed by atoms with Gasteiger partial charge >= 0.3 is 0 Å². The van der Waals surface area contributed by atoms with Gasteiger partial charge in [-0.25, -0.2) is 0 Å². The van der Waals surface area contributed by atoms with Gasteiger partial charge in [-0.2, -0.15) is 0 Å². The van der Waals surface area contributed by atoms with E-state index in [0.29, 0.717) is 19.8 Å². The van der Waals surface area contributed by atoms with Crippen LogP contribution < -0.4 is 0 Å². The monoisotopic (exact) mass is 486 g/mol. The number of hydrogen-bond donors (Lipinski definition) is 0. The van der Waals surface area contributed by atoms with Gasteiger partial charge in [0.05, 0.1) is 19.8 Å². The average molecular weight is 487 g/mol. The van der Waals surface area contributed by atoms with E-state index in [1.807, 2.05) is 0 Å². The van der Waals surface area contributed by atoms with Crippen molar-refractivity contribution in [3.63, 3.8) is 0 Å². The molecular formula is C29H58O5. The summed E-state index contributed by atoms with van der Waals surface area (Å²) in [6, 6.07) is 0. The van der Waals surface area contributed by atoms with E-state index in [9.17, 15) is 0 Å². The smallest absolute Gasteiger partial charge is 0.285 e. The quantitative estimate of drug-likeness (QED) is 0.0957. The molecule has 0 radical (unpaired) electrons. The summed E-state index contributed by atoms with van der Waals surface area (Å²) >= 11 is 0. The van der Waals surface area contributed by atoms with Crippen LogP contribution in [0.5, 0.6) is 0 Å². The second-order valence-electron chi connectivity index (χ2n) is 9.92. The Hall–Kier alpha value is -0.200. The Morgan fingerprint density at radius 2 is 1.18 bits per heavy atom. The normalized spacial score (nSPS) is 17.5. The Morgan fingerprint density at radius 1 is 0.647 bits per heavy atom. The standard InChI is InChI=1S/C29H58O5/c1-5-9-13-14-15-16-19-27(20-17-22-30-28-21-18-23-31-28)29(32-24-10-6-2,33-25-11-7-3)34-26-12-8-4/h27-28H,5-26H2,1-4H3. The molecule has 0 bridgehead atoms. The summed E-state index contributed by atoms with van der Waals surface area (Å²) in [5, 5.41) is 0. The Labute approximate surface area is 212 Å². The minimum Gasteiger partial charge on any atom is -0.353 e. The summed E-state index contributed by atoms with van der Waals surface area (Å²) in [7, 11) is 0. The molecule has 1 aliphatic heterocycles. The molecule has 1 saturated heterocycles. The first kappa shape index (κ1) is 31.8. The molecule has 0 aliphatic carbocycles. The molecule has 0 amide bonds. The molecule has 1 aliphatic rings. The highest BCUT2D eigenvalue weighted by molar-refractivity contribution is 4.74. The lowest BCUT2D eigenvalue weighted by atomic mass is 9.92. The van der Waals surface area contributed by atoms with Crippen LogP contribution in [0, 0.1) is 5.92 Å². The molecule has 2 unspecified atom stereocenters. The largest absolute Gasteiger partial charge is 0.353 e. The lowest BCUT2D eigenvalue weighted by Gasteiger charge is -2.40. The van der Waals surface area contributed by atoms with Gasteiger partial charge in [-0.15, -0.1) is 0 Å². The summed E-state index contributed by atoms with van der Waals surface area (Å²) in [6.45, 7) is 12.5. The van der Waals surface area contributed by atoms with Crippen LogP contribution in [0.1, 0.15) is 137 Å². The summed E-state index contributed by atoms with van der Waals surface area (Å²) in [4.78, 5) is 0. The number of unbranched alkanes of at least 4 members (excludes halogenated alkanes) is 8. The van der Waals surface area contributed by atoms with Gasteiger partial charge in [0, 0.05) is 25.6 Å². The van der Waals surface area contributed by atoms with Crippen LogP contribution in [-0.4, -0.2) is 45.3 Å². The second-order valence-corrected chi connectivity index (χ2v) is 9.92. The second kappa shape index (κ2) is 22.0. The van der Waals surface area contributed by atoms with Gasteiger partial charge in [0.1, 0.15) is 0 Å². The molecule has 2 atom stereocenters. The third kappa shape index (κ3) is 14.4. The number of ether oxygens (including phenoxy) is 5. The summed E-state index contributed by atoms with van der Waals surface area (Å²) in [6.07, 6.45) is 19.4. The maximum Gasteiger partial charge on any atom is 0.285 e. The highest BCUT2D eigenvalue weighted by atomic mass is 16.9. The van der Waals surface area contributed by atoms with Crippen molar-refractivity contribution < 1.29 is 23.7 Å². The minimum atomic E-state index is -0.924. The van der Waals surface area contributed by atoms with E-state index in [4.69, 9.17) is 23.7 Å². The molecule has 0 spiro atoms. The molecule has 0 N–H and O–H groups in total. The van der Waals surface area contributed by atoms with Crippen molar-refractivity contribution >= 4 is 0 Å². The predicted molar refractivity (Wildman–Crippen MR) is 141 cm³/mol. The first-order valence-corrected chi connectivity index (χ1v) is 14.9. The van der Waals surface area contributed by atoms with Gasteiger partial charge in [0.15, 0.2) is 6.29 Å². The van der Waals surface area contributed by atoms with Crippen LogP contribution in [0.15, 0.2) is 0 Å². The van der Waals surface area contributed by atoms with E-state index in [1.165, 1.54) is 38.5 Å². The van der Waals surface area contributed by atoms with Gasteiger partial charge < -0.3 is 23.7 Å². The maximum atomic E-state index is 6.54. The van der Waals surface area contributed by atoms with Crippen LogP contribution in [-0.2, 0) is 23.7 Å². The van der Waals surface area contributed by atoms with Crippen LogP contribution in [0.4, 0.5) is 0 Å². The Balaban J connectivity index is 2.84. The molecule has 0 saturated carbocycles. The van der Waals surface area contributed by atoms with Crippen molar-refractivity contribution in [2.45, 2.75) is 149 Å². The Bertz CT molecular complexity index is 398. The summed E-state index contributed by atoms with van der Waals surface area (Å²) in [5.41, 5.74) is 0. The van der Waals surface area contributed by atoms with Gasteiger partial charge in [0.25, 0.3) is 5.97 Å². The zero-order valence-electron chi connectivity index (χ0n) is 23.3. The van der Waals surface area contributed by atoms with Crippen LogP contribution in [0.3, 0.4) is 0 Å². The molecule has 34 heavy (non-hydrogen) atoms. The lowest BCUT2D eigenvalue weighted by molar-refractivity contribution is -0.407. The Morgan fingerprint density at radius 3 is 1.71 bits per heavy atom. The maximum absolute atomic E-state index is 6.54. The molecule has 0 aromatic carbocycles. The fourth-order valence-electron chi connectivity index (χ4n) is 4.45. The fraction of sp³-hybridized carbons (Fsp3) is 1.00. The van der Waals surface area contributed by atoms with Gasteiger partial charge in [0.2, 0.25) is 0 Å². The average Bonchev–Trinajstić information content (AvgIpc) is 3.36. The lowest BCUT2D eigenvalue weighted by Crippen LogP contribution is -2.47. The van der Waals surface area contributed by atoms with Gasteiger partial charge in [-0.3, -0.25) is 0 Å². The van der Waals surface area contributed by atoms with E-state index < -0.39 is 5.97 Å². The third-order valence-corrected chi connectivity index (χ3v) is 6.70. The van der Waals surface area contributed by atoms with E-state index in [2.05, 4.69) is 27.7 Å². The van der Waals surface area contributed by atoms with Crippen molar-refractivity contribution in [2.24, 2.45) is 5.92 Å². The summed E-state index contributed by atoms with van der Waals surface area (Å²) < 4.78 is 31.3. The first-order chi connectivity index (χ1) is 16.7. The first-order valence-electron chi connectivity index (χ1n) is 14.9. The van der Waals surface area contributed by atoms with E-state index in [0.717, 1.165) is 83.8 Å². The van der Waals surface area contributed by atoms with Gasteiger partial charge in [-0.1, -0.05) is 85.5 Å². The van der Waals surface area contributed by atoms with Crippen molar-refractivity contribution in [1.29, 1.82) is 0 Å². The van der Waals surface area contributed by atoms with Crippen LogP contribution in [0.25, 0.3) is 0 Å². The van der Waals surface area contributed by atoms with Gasteiger partial charge in [-0.05, 0) is 44.9 Å². The molecule has 204 valence electrons. The molecule has 5 heteroatoms. The number of hydrogen-bond acceptors (Lipinski definition) is 5. The predicted octanol–water partition coefficient (Wildman–Crippen LogP) is 8.39. The van der Waals surface area contributed by atoms with E-state index >= 15 is 0 Å².